The summed E-state index contributed by atoms with van der Waals surface area (Å²) in [7, 11) is 0. The minimum atomic E-state index is 0.616. The van der Waals surface area contributed by atoms with Crippen molar-refractivity contribution in [2.75, 3.05) is 5.73 Å². The Hall–Kier alpha value is -0.570. The van der Waals surface area contributed by atoms with E-state index in [1.165, 1.54) is 17.7 Å². The number of nitrogen functional groups attached to an aromatic ring is 1. The number of aryl methyl sites for hydroxylation is 1. The molecule has 0 bridgehead atoms. The van der Waals surface area contributed by atoms with Gasteiger partial charge in [-0.1, -0.05) is 20.3 Å². The summed E-state index contributed by atoms with van der Waals surface area (Å²) in [5.74, 6) is 0.616. The molecule has 0 aliphatic carbocycles. The van der Waals surface area contributed by atoms with Crippen LogP contribution in [0.25, 0.3) is 0 Å². The van der Waals surface area contributed by atoms with Crippen molar-refractivity contribution in [2.24, 2.45) is 0 Å². The molecule has 0 amide bonds. The van der Waals surface area contributed by atoms with Crippen molar-refractivity contribution in [3.05, 3.63) is 10.6 Å². The Bertz CT molecular complexity index is 255. The molecule has 1 aromatic rings. The van der Waals surface area contributed by atoms with E-state index in [9.17, 15) is 0 Å². The normalized spacial score (nSPS) is 13.2. The summed E-state index contributed by atoms with van der Waals surface area (Å²) >= 11 is 1.63. The second-order valence-corrected chi connectivity index (χ2v) is 4.25. The minimum absolute atomic E-state index is 0.616. The maximum Gasteiger partial charge on any atom is 0.180 e. The fourth-order valence-corrected chi connectivity index (χ4v) is 2.37. The van der Waals surface area contributed by atoms with Crippen LogP contribution in [-0.4, -0.2) is 4.98 Å². The zero-order chi connectivity index (χ0) is 9.14. The maximum absolute atomic E-state index is 5.62. The van der Waals surface area contributed by atoms with Gasteiger partial charge >= 0.3 is 0 Å². The molecule has 0 aromatic carbocycles. The Morgan fingerprint density at radius 1 is 1.58 bits per heavy atom. The van der Waals surface area contributed by atoms with Gasteiger partial charge in [-0.15, -0.1) is 11.3 Å². The van der Waals surface area contributed by atoms with E-state index in [0.717, 1.165) is 5.69 Å². The van der Waals surface area contributed by atoms with Gasteiger partial charge in [0.2, 0.25) is 0 Å². The molecule has 1 unspecified atom stereocenters. The summed E-state index contributed by atoms with van der Waals surface area (Å²) in [6.45, 7) is 6.48. The topological polar surface area (TPSA) is 38.9 Å². The van der Waals surface area contributed by atoms with E-state index < -0.39 is 0 Å². The summed E-state index contributed by atoms with van der Waals surface area (Å²) in [6, 6.07) is 0. The van der Waals surface area contributed by atoms with Gasteiger partial charge in [-0.05, 0) is 19.3 Å². The first-order valence-corrected chi connectivity index (χ1v) is 5.19. The first kappa shape index (κ1) is 9.52. The van der Waals surface area contributed by atoms with Crippen LogP contribution < -0.4 is 5.73 Å². The van der Waals surface area contributed by atoms with E-state index in [1.807, 2.05) is 6.92 Å². The van der Waals surface area contributed by atoms with Gasteiger partial charge in [0, 0.05) is 4.88 Å². The number of nitrogens with zero attached hydrogens (tertiary/aromatic N) is 1. The second kappa shape index (κ2) is 3.90. The summed E-state index contributed by atoms with van der Waals surface area (Å²) in [5, 5.41) is 0.699. The van der Waals surface area contributed by atoms with Crippen molar-refractivity contribution in [1.82, 2.24) is 4.98 Å². The van der Waals surface area contributed by atoms with Gasteiger partial charge in [0.25, 0.3) is 0 Å². The average Bonchev–Trinajstić information content (AvgIpc) is 2.30. The summed E-state index contributed by atoms with van der Waals surface area (Å²) in [5.41, 5.74) is 6.73. The van der Waals surface area contributed by atoms with Gasteiger partial charge in [-0.3, -0.25) is 0 Å². The van der Waals surface area contributed by atoms with Gasteiger partial charge < -0.3 is 5.73 Å². The molecule has 1 atom stereocenters. The van der Waals surface area contributed by atoms with Crippen LogP contribution in [0, 0.1) is 6.92 Å². The Balaban J connectivity index is 2.79. The zero-order valence-electron chi connectivity index (χ0n) is 7.92. The largest absolute Gasteiger partial charge is 0.375 e. The molecule has 1 rings (SSSR count). The molecule has 0 fully saturated rings. The zero-order valence-corrected chi connectivity index (χ0v) is 8.74. The molecular weight excluding hydrogens is 168 g/mol. The Morgan fingerprint density at radius 3 is 2.67 bits per heavy atom. The first-order valence-electron chi connectivity index (χ1n) is 4.38. The van der Waals surface area contributed by atoms with E-state index in [4.69, 9.17) is 5.73 Å². The van der Waals surface area contributed by atoms with Crippen molar-refractivity contribution < 1.29 is 0 Å². The summed E-state index contributed by atoms with van der Waals surface area (Å²) in [4.78, 5) is 5.57. The smallest absolute Gasteiger partial charge is 0.180 e. The van der Waals surface area contributed by atoms with Crippen LogP contribution in [0.2, 0.25) is 0 Å². The van der Waals surface area contributed by atoms with E-state index in [-0.39, 0.29) is 0 Å². The summed E-state index contributed by atoms with van der Waals surface area (Å²) in [6.07, 6.45) is 2.45. The highest BCUT2D eigenvalue weighted by Gasteiger charge is 2.11. The lowest BCUT2D eigenvalue weighted by molar-refractivity contribution is 0.670. The molecule has 1 aromatic heterocycles. The Kier molecular flexibility index (Phi) is 3.09. The number of hydrogen-bond acceptors (Lipinski definition) is 3. The molecule has 0 aliphatic heterocycles. The summed E-state index contributed by atoms with van der Waals surface area (Å²) < 4.78 is 0. The van der Waals surface area contributed by atoms with Crippen molar-refractivity contribution in [3.63, 3.8) is 0 Å². The third-order valence-electron chi connectivity index (χ3n) is 2.02. The van der Waals surface area contributed by atoms with Gasteiger partial charge in [-0.2, -0.15) is 0 Å². The third kappa shape index (κ3) is 1.97. The van der Waals surface area contributed by atoms with E-state index in [2.05, 4.69) is 18.8 Å². The quantitative estimate of drug-likeness (QED) is 0.784. The lowest BCUT2D eigenvalue weighted by atomic mass is 10.0. The fraction of sp³-hybridized carbons (Fsp3) is 0.667. The standard InChI is InChI=1S/C9H16N2S/c1-4-5-6(2)8-7(3)11-9(10)12-8/h6H,4-5H2,1-3H3,(H2,10,11). The first-order chi connectivity index (χ1) is 5.65. The predicted octanol–water partition coefficient (Wildman–Crippen LogP) is 2.94. The van der Waals surface area contributed by atoms with Crippen LogP contribution >= 0.6 is 11.3 Å². The number of rotatable bonds is 3. The third-order valence-corrected chi connectivity index (χ3v) is 3.24. The Morgan fingerprint density at radius 2 is 2.25 bits per heavy atom. The number of hydrogen-bond donors (Lipinski definition) is 1. The molecule has 1 heterocycles. The van der Waals surface area contributed by atoms with Crippen molar-refractivity contribution >= 4 is 16.5 Å². The predicted molar refractivity (Wildman–Crippen MR) is 54.6 cm³/mol. The molecule has 0 radical (unpaired) electrons. The molecule has 0 saturated heterocycles. The molecule has 2 nitrogen and oxygen atoms in total. The van der Waals surface area contributed by atoms with Gasteiger partial charge in [-0.25, -0.2) is 4.98 Å². The number of anilines is 1. The Labute approximate surface area is 77.8 Å². The number of nitrogens with two attached hydrogens (primary N) is 1. The molecule has 3 heteroatoms. The highest BCUT2D eigenvalue weighted by molar-refractivity contribution is 7.15. The van der Waals surface area contributed by atoms with Crippen LogP contribution in [0.1, 0.15) is 43.2 Å². The van der Waals surface area contributed by atoms with Crippen molar-refractivity contribution in [1.29, 1.82) is 0 Å². The number of aromatic nitrogens is 1. The van der Waals surface area contributed by atoms with Gasteiger partial charge in [0.15, 0.2) is 5.13 Å². The molecular formula is C9H16N2S. The van der Waals surface area contributed by atoms with Crippen LogP contribution in [0.3, 0.4) is 0 Å². The second-order valence-electron chi connectivity index (χ2n) is 3.19. The SMILES string of the molecule is CCCC(C)c1sc(N)nc1C. The van der Waals surface area contributed by atoms with Crippen LogP contribution in [0.15, 0.2) is 0 Å². The van der Waals surface area contributed by atoms with E-state index in [1.54, 1.807) is 11.3 Å². The molecule has 12 heavy (non-hydrogen) atoms. The average molecular weight is 184 g/mol. The van der Waals surface area contributed by atoms with Crippen LogP contribution in [-0.2, 0) is 0 Å². The number of thiazole rings is 1. The molecule has 0 saturated carbocycles. The highest BCUT2D eigenvalue weighted by atomic mass is 32.1. The van der Waals surface area contributed by atoms with Crippen LogP contribution in [0.4, 0.5) is 5.13 Å². The maximum atomic E-state index is 5.62. The molecule has 0 spiro atoms. The van der Waals surface area contributed by atoms with Crippen molar-refractivity contribution in [2.45, 2.75) is 39.5 Å². The van der Waals surface area contributed by atoms with E-state index in [0.29, 0.717) is 11.0 Å². The monoisotopic (exact) mass is 184 g/mol. The van der Waals surface area contributed by atoms with E-state index >= 15 is 0 Å². The lowest BCUT2D eigenvalue weighted by Crippen LogP contribution is -1.91. The lowest BCUT2D eigenvalue weighted by Gasteiger charge is -2.06. The molecule has 0 aliphatic rings. The highest BCUT2D eigenvalue weighted by Crippen LogP contribution is 2.30. The van der Waals surface area contributed by atoms with Gasteiger partial charge in [0.1, 0.15) is 0 Å². The van der Waals surface area contributed by atoms with Gasteiger partial charge in [0.05, 0.1) is 5.69 Å². The van der Waals surface area contributed by atoms with Crippen LogP contribution in [0.5, 0.6) is 0 Å². The molecule has 68 valence electrons. The van der Waals surface area contributed by atoms with Crippen molar-refractivity contribution in [3.8, 4) is 0 Å². The molecule has 2 N–H and O–H groups in total. The fourth-order valence-electron chi connectivity index (χ4n) is 1.45. The minimum Gasteiger partial charge on any atom is -0.375 e.